The first-order valence-electron chi connectivity index (χ1n) is 8.43. The lowest BCUT2D eigenvalue weighted by atomic mass is 9.87. The van der Waals surface area contributed by atoms with Crippen molar-refractivity contribution in [1.29, 1.82) is 0 Å². The summed E-state index contributed by atoms with van der Waals surface area (Å²) in [7, 11) is 2.04. The van der Waals surface area contributed by atoms with E-state index in [0.717, 1.165) is 38.0 Å². The van der Waals surface area contributed by atoms with E-state index >= 15 is 0 Å². The van der Waals surface area contributed by atoms with Crippen LogP contribution in [0.4, 0.5) is 10.1 Å². The van der Waals surface area contributed by atoms with Gasteiger partial charge in [-0.15, -0.1) is 0 Å². The van der Waals surface area contributed by atoms with Crippen molar-refractivity contribution >= 4 is 11.6 Å². The normalized spacial score (nSPS) is 23.3. The van der Waals surface area contributed by atoms with Crippen molar-refractivity contribution in [3.8, 4) is 0 Å². The highest BCUT2D eigenvalue weighted by atomic mass is 19.1. The number of carbonyl (C=O) groups excluding carboxylic acids is 1. The van der Waals surface area contributed by atoms with Crippen LogP contribution in [0, 0.1) is 5.82 Å². The highest BCUT2D eigenvalue weighted by Gasteiger charge is 2.44. The Morgan fingerprint density at radius 2 is 2.00 bits per heavy atom. The number of halogens is 1. The Labute approximate surface area is 137 Å². The molecule has 1 aromatic carbocycles. The second-order valence-corrected chi connectivity index (χ2v) is 6.67. The minimum Gasteiger partial charge on any atom is -0.373 e. The first-order valence-corrected chi connectivity index (χ1v) is 8.43. The number of likely N-dealkylation sites (tertiary alicyclic amines) is 1. The average molecular weight is 320 g/mol. The second kappa shape index (κ2) is 6.48. The van der Waals surface area contributed by atoms with Crippen LogP contribution in [-0.2, 0) is 9.53 Å². The Morgan fingerprint density at radius 1 is 1.35 bits per heavy atom. The summed E-state index contributed by atoms with van der Waals surface area (Å²) in [4.78, 5) is 15.9. The molecule has 2 saturated heterocycles. The Hall–Kier alpha value is -1.62. The lowest BCUT2D eigenvalue weighted by Gasteiger charge is -2.39. The fourth-order valence-corrected chi connectivity index (χ4v) is 3.69. The molecule has 3 rings (SSSR count). The molecule has 1 unspecified atom stereocenters. The van der Waals surface area contributed by atoms with Gasteiger partial charge < -0.3 is 14.5 Å². The van der Waals surface area contributed by atoms with Crippen molar-refractivity contribution in [2.45, 2.75) is 44.2 Å². The minimum absolute atomic E-state index is 0.0938. The van der Waals surface area contributed by atoms with Crippen LogP contribution < -0.4 is 4.90 Å². The molecule has 2 aliphatic rings. The van der Waals surface area contributed by atoms with Gasteiger partial charge in [0.2, 0.25) is 5.91 Å². The summed E-state index contributed by atoms with van der Waals surface area (Å²) in [6.07, 6.45) is 3.36. The zero-order valence-electron chi connectivity index (χ0n) is 13.9. The van der Waals surface area contributed by atoms with Crippen LogP contribution in [0.15, 0.2) is 24.3 Å². The molecule has 0 saturated carbocycles. The summed E-state index contributed by atoms with van der Waals surface area (Å²) in [6.45, 7) is 4.18. The van der Waals surface area contributed by atoms with Gasteiger partial charge >= 0.3 is 0 Å². The van der Waals surface area contributed by atoms with Gasteiger partial charge in [-0.3, -0.25) is 4.79 Å². The molecule has 1 spiro atoms. The molecule has 0 aromatic heterocycles. The monoisotopic (exact) mass is 320 g/mol. The molecule has 1 atom stereocenters. The first kappa shape index (κ1) is 16.2. The van der Waals surface area contributed by atoms with Gasteiger partial charge in [-0.1, -0.05) is 6.92 Å². The quantitative estimate of drug-likeness (QED) is 0.858. The summed E-state index contributed by atoms with van der Waals surface area (Å²) in [5.74, 6) is 0.0204. The fraction of sp³-hybridized carbons (Fsp3) is 0.611. The summed E-state index contributed by atoms with van der Waals surface area (Å²) < 4.78 is 19.2. The third-order valence-corrected chi connectivity index (χ3v) is 5.30. The van der Waals surface area contributed by atoms with E-state index in [1.807, 2.05) is 31.0 Å². The fourth-order valence-electron chi connectivity index (χ4n) is 3.69. The third-order valence-electron chi connectivity index (χ3n) is 5.30. The number of anilines is 1. The molecule has 2 heterocycles. The predicted octanol–water partition coefficient (Wildman–Crippen LogP) is 2.82. The van der Waals surface area contributed by atoms with E-state index in [9.17, 15) is 9.18 Å². The Bertz CT molecular complexity index is 553. The SMILES string of the molecule is CCC(=O)N1CCC2(CC1)CC(N(C)c1ccc(F)cc1)CO2. The number of piperidine rings is 1. The van der Waals surface area contributed by atoms with Gasteiger partial charge in [-0.2, -0.15) is 0 Å². The minimum atomic E-state index is -0.214. The number of amides is 1. The number of hydrogen-bond donors (Lipinski definition) is 0. The molecule has 5 heteroatoms. The third kappa shape index (κ3) is 3.34. The molecule has 0 N–H and O–H groups in total. The standard InChI is InChI=1S/C18H25FN2O2/c1-3-17(22)21-10-8-18(9-11-21)12-16(13-23-18)20(2)15-6-4-14(19)5-7-15/h4-7,16H,3,8-13H2,1-2H3. The van der Waals surface area contributed by atoms with E-state index in [2.05, 4.69) is 4.90 Å². The van der Waals surface area contributed by atoms with Crippen LogP contribution in [0.2, 0.25) is 0 Å². The zero-order valence-corrected chi connectivity index (χ0v) is 13.9. The van der Waals surface area contributed by atoms with Crippen LogP contribution in [0.5, 0.6) is 0 Å². The van der Waals surface area contributed by atoms with Crippen LogP contribution in [0.25, 0.3) is 0 Å². The molecule has 2 fully saturated rings. The number of hydrogen-bond acceptors (Lipinski definition) is 3. The van der Waals surface area contributed by atoms with Crippen molar-refractivity contribution in [2.75, 3.05) is 31.6 Å². The van der Waals surface area contributed by atoms with Crippen molar-refractivity contribution in [3.63, 3.8) is 0 Å². The van der Waals surface area contributed by atoms with E-state index in [1.165, 1.54) is 12.1 Å². The zero-order chi connectivity index (χ0) is 16.4. The number of ether oxygens (including phenoxy) is 1. The van der Waals surface area contributed by atoms with Crippen molar-refractivity contribution < 1.29 is 13.9 Å². The van der Waals surface area contributed by atoms with Gasteiger partial charge in [-0.25, -0.2) is 4.39 Å². The maximum atomic E-state index is 13.1. The van der Waals surface area contributed by atoms with E-state index < -0.39 is 0 Å². The number of nitrogens with zero attached hydrogens (tertiary/aromatic N) is 2. The highest BCUT2D eigenvalue weighted by Crippen LogP contribution is 2.38. The molecule has 126 valence electrons. The summed E-state index contributed by atoms with van der Waals surface area (Å²) in [6, 6.07) is 6.90. The first-order chi connectivity index (χ1) is 11.0. The molecule has 0 radical (unpaired) electrons. The lowest BCUT2D eigenvalue weighted by Crippen LogP contribution is -2.46. The van der Waals surface area contributed by atoms with Gasteiger partial charge in [0.25, 0.3) is 0 Å². The molecular weight excluding hydrogens is 295 g/mol. The molecule has 1 amide bonds. The summed E-state index contributed by atoms with van der Waals surface area (Å²) >= 11 is 0. The lowest BCUT2D eigenvalue weighted by molar-refractivity contribution is -0.135. The van der Waals surface area contributed by atoms with Crippen LogP contribution in [0.3, 0.4) is 0 Å². The maximum Gasteiger partial charge on any atom is 0.222 e. The smallest absolute Gasteiger partial charge is 0.222 e. The van der Waals surface area contributed by atoms with Crippen LogP contribution in [-0.4, -0.2) is 49.2 Å². The predicted molar refractivity (Wildman–Crippen MR) is 88.0 cm³/mol. The number of carbonyl (C=O) groups is 1. The van der Waals surface area contributed by atoms with Crippen molar-refractivity contribution in [2.24, 2.45) is 0 Å². The van der Waals surface area contributed by atoms with Crippen LogP contribution in [0.1, 0.15) is 32.6 Å². The van der Waals surface area contributed by atoms with Crippen LogP contribution >= 0.6 is 0 Å². The maximum absolute atomic E-state index is 13.1. The molecule has 4 nitrogen and oxygen atoms in total. The van der Waals surface area contributed by atoms with E-state index in [0.29, 0.717) is 19.1 Å². The van der Waals surface area contributed by atoms with Crippen molar-refractivity contribution in [3.05, 3.63) is 30.1 Å². The Morgan fingerprint density at radius 3 is 2.61 bits per heavy atom. The van der Waals surface area contributed by atoms with Gasteiger partial charge in [0.15, 0.2) is 0 Å². The number of rotatable bonds is 3. The van der Waals surface area contributed by atoms with Crippen molar-refractivity contribution in [1.82, 2.24) is 4.90 Å². The second-order valence-electron chi connectivity index (χ2n) is 6.67. The van der Waals surface area contributed by atoms with E-state index in [4.69, 9.17) is 4.74 Å². The summed E-state index contributed by atoms with van der Waals surface area (Å²) in [5, 5.41) is 0. The average Bonchev–Trinajstić information content (AvgIpc) is 2.98. The molecule has 0 aliphatic carbocycles. The van der Waals surface area contributed by atoms with Gasteiger partial charge in [-0.05, 0) is 43.5 Å². The molecular formula is C18H25FN2O2. The van der Waals surface area contributed by atoms with E-state index in [-0.39, 0.29) is 17.3 Å². The topological polar surface area (TPSA) is 32.8 Å². The van der Waals surface area contributed by atoms with E-state index in [1.54, 1.807) is 0 Å². The van der Waals surface area contributed by atoms with Gasteiger partial charge in [0, 0.05) is 32.2 Å². The van der Waals surface area contributed by atoms with Gasteiger partial charge in [0.05, 0.1) is 18.2 Å². The highest BCUT2D eigenvalue weighted by molar-refractivity contribution is 5.75. The van der Waals surface area contributed by atoms with Gasteiger partial charge in [0.1, 0.15) is 5.82 Å². The summed E-state index contributed by atoms with van der Waals surface area (Å²) in [5.41, 5.74) is 0.916. The number of benzene rings is 1. The molecule has 0 bridgehead atoms. The Balaban J connectivity index is 1.60. The molecule has 1 aromatic rings. The molecule has 2 aliphatic heterocycles. The Kier molecular flexibility index (Phi) is 4.57. The largest absolute Gasteiger partial charge is 0.373 e. The number of likely N-dealkylation sites (N-methyl/N-ethyl adjacent to an activating group) is 1. The molecule has 23 heavy (non-hydrogen) atoms.